The Bertz CT molecular complexity index is 871. The lowest BCUT2D eigenvalue weighted by atomic mass is 9.57. The first-order valence-electron chi connectivity index (χ1n) is 10.0. The van der Waals surface area contributed by atoms with Gasteiger partial charge in [-0.15, -0.1) is 0 Å². The monoisotopic (exact) mass is 410 g/mol. The van der Waals surface area contributed by atoms with Crippen LogP contribution in [0.2, 0.25) is 5.02 Å². The molecule has 0 aromatic heterocycles. The van der Waals surface area contributed by atoms with Crippen LogP contribution in [0.3, 0.4) is 0 Å². The Labute approximate surface area is 167 Å². The number of hydrogen-bond acceptors (Lipinski definition) is 0. The van der Waals surface area contributed by atoms with E-state index >= 15 is 0 Å². The molecule has 0 bridgehead atoms. The molecule has 2 aliphatic carbocycles. The molecule has 0 heterocycles. The summed E-state index contributed by atoms with van der Waals surface area (Å²) in [4.78, 5) is 0. The molecule has 4 atom stereocenters. The van der Waals surface area contributed by atoms with E-state index in [1.54, 1.807) is 0 Å². The Balaban J connectivity index is 1.79. The van der Waals surface area contributed by atoms with Crippen LogP contribution in [0.25, 0.3) is 0 Å². The fourth-order valence-corrected chi connectivity index (χ4v) is 5.77. The predicted molar refractivity (Wildman–Crippen MR) is 103 cm³/mol. The molecule has 0 aliphatic heterocycles. The van der Waals surface area contributed by atoms with E-state index in [1.165, 1.54) is 18.2 Å². The van der Waals surface area contributed by atoms with E-state index < -0.39 is 28.3 Å². The molecule has 0 amide bonds. The van der Waals surface area contributed by atoms with Gasteiger partial charge < -0.3 is 0 Å². The van der Waals surface area contributed by atoms with Gasteiger partial charge in [0, 0.05) is 6.07 Å². The molecule has 150 valence electrons. The summed E-state index contributed by atoms with van der Waals surface area (Å²) in [6, 6.07) is 5.10. The summed E-state index contributed by atoms with van der Waals surface area (Å²) >= 11 is 5.69. The van der Waals surface area contributed by atoms with E-state index in [2.05, 4.69) is 6.92 Å². The topological polar surface area (TPSA) is 0 Å². The zero-order valence-corrected chi connectivity index (χ0v) is 16.5. The van der Waals surface area contributed by atoms with Gasteiger partial charge in [-0.25, -0.2) is 17.6 Å². The molecule has 28 heavy (non-hydrogen) atoms. The molecule has 5 heteroatoms. The Morgan fingerprint density at radius 2 is 1.64 bits per heavy atom. The van der Waals surface area contributed by atoms with Crippen LogP contribution in [-0.2, 0) is 6.42 Å². The third kappa shape index (κ3) is 3.34. The van der Waals surface area contributed by atoms with E-state index in [0.29, 0.717) is 23.5 Å². The minimum Gasteiger partial charge on any atom is -0.207 e. The highest BCUT2D eigenvalue weighted by Gasteiger charge is 2.43. The third-order valence-electron chi connectivity index (χ3n) is 6.71. The van der Waals surface area contributed by atoms with Gasteiger partial charge in [-0.05, 0) is 84.2 Å². The summed E-state index contributed by atoms with van der Waals surface area (Å²) in [5.74, 6) is -2.17. The summed E-state index contributed by atoms with van der Waals surface area (Å²) < 4.78 is 56.6. The van der Waals surface area contributed by atoms with Crippen molar-refractivity contribution in [3.63, 3.8) is 0 Å². The van der Waals surface area contributed by atoms with Crippen LogP contribution in [-0.4, -0.2) is 0 Å². The Morgan fingerprint density at radius 3 is 2.32 bits per heavy atom. The normalized spacial score (nSPS) is 26.6. The summed E-state index contributed by atoms with van der Waals surface area (Å²) in [5, 5.41) is -0.485. The number of rotatable bonds is 3. The first-order valence-corrected chi connectivity index (χ1v) is 10.4. The molecule has 0 N–H and O–H groups in total. The number of halogens is 5. The molecule has 2 aromatic carbocycles. The molecule has 1 fully saturated rings. The maximum atomic E-state index is 14.3. The van der Waals surface area contributed by atoms with Crippen LogP contribution in [0.1, 0.15) is 67.6 Å². The molecular weight excluding hydrogens is 388 g/mol. The molecule has 2 aromatic rings. The van der Waals surface area contributed by atoms with E-state index in [9.17, 15) is 17.6 Å². The number of benzene rings is 2. The highest BCUT2D eigenvalue weighted by atomic mass is 35.5. The first-order chi connectivity index (χ1) is 13.4. The minimum absolute atomic E-state index is 0.00820. The SMILES string of the molecule is CCC[C@@H]1CC[C@H]2c3cc(F)cc(F)c3CC[C@@H]2[C@H]1c1cc(F)c(Cl)c(F)c1. The average molecular weight is 411 g/mol. The second kappa shape index (κ2) is 7.70. The van der Waals surface area contributed by atoms with E-state index in [1.807, 2.05) is 0 Å². The van der Waals surface area contributed by atoms with Gasteiger partial charge >= 0.3 is 0 Å². The van der Waals surface area contributed by atoms with Crippen molar-refractivity contribution in [1.29, 1.82) is 0 Å². The van der Waals surface area contributed by atoms with Crippen LogP contribution < -0.4 is 0 Å². The van der Waals surface area contributed by atoms with Crippen LogP contribution in [0.4, 0.5) is 17.6 Å². The number of hydrogen-bond donors (Lipinski definition) is 0. The van der Waals surface area contributed by atoms with Gasteiger partial charge in [0.05, 0.1) is 0 Å². The van der Waals surface area contributed by atoms with Crippen molar-refractivity contribution in [3.8, 4) is 0 Å². The molecule has 0 unspecified atom stereocenters. The molecule has 2 aliphatic rings. The maximum Gasteiger partial charge on any atom is 0.145 e. The van der Waals surface area contributed by atoms with Crippen molar-refractivity contribution in [2.45, 2.75) is 57.3 Å². The van der Waals surface area contributed by atoms with Gasteiger partial charge in [-0.3, -0.25) is 0 Å². The van der Waals surface area contributed by atoms with Crippen LogP contribution in [0.5, 0.6) is 0 Å². The Hall–Kier alpha value is -1.55. The maximum absolute atomic E-state index is 14.3. The van der Waals surface area contributed by atoms with E-state index in [-0.39, 0.29) is 17.8 Å². The highest BCUT2D eigenvalue weighted by Crippen LogP contribution is 2.55. The van der Waals surface area contributed by atoms with Crippen molar-refractivity contribution in [1.82, 2.24) is 0 Å². The summed E-state index contributed by atoms with van der Waals surface area (Å²) in [6.07, 6.45) is 4.93. The van der Waals surface area contributed by atoms with Crippen molar-refractivity contribution in [2.24, 2.45) is 11.8 Å². The fraction of sp³-hybridized carbons (Fsp3) is 0.478. The smallest absolute Gasteiger partial charge is 0.145 e. The van der Waals surface area contributed by atoms with Crippen LogP contribution in [0.15, 0.2) is 24.3 Å². The second-order valence-corrected chi connectivity index (χ2v) is 8.59. The minimum atomic E-state index is -0.748. The highest BCUT2D eigenvalue weighted by molar-refractivity contribution is 6.30. The zero-order chi connectivity index (χ0) is 20.0. The molecule has 0 nitrogen and oxygen atoms in total. The van der Waals surface area contributed by atoms with Crippen molar-refractivity contribution in [2.75, 3.05) is 0 Å². The third-order valence-corrected chi connectivity index (χ3v) is 7.07. The van der Waals surface area contributed by atoms with Gasteiger partial charge in [0.15, 0.2) is 0 Å². The lowest BCUT2D eigenvalue weighted by Crippen LogP contribution is -2.35. The molecule has 4 rings (SSSR count). The van der Waals surface area contributed by atoms with Gasteiger partial charge in [0.25, 0.3) is 0 Å². The second-order valence-electron chi connectivity index (χ2n) is 8.21. The van der Waals surface area contributed by atoms with Gasteiger partial charge in [0.2, 0.25) is 0 Å². The molecule has 1 saturated carbocycles. The fourth-order valence-electron chi connectivity index (χ4n) is 5.66. The zero-order valence-electron chi connectivity index (χ0n) is 15.8. The quantitative estimate of drug-likeness (QED) is 0.362. The standard InChI is InChI=1S/C23H23ClF4/c1-2-3-12-4-5-15-17(7-6-16-18(15)10-14(25)11-19(16)26)22(12)13-8-20(27)23(24)21(28)9-13/h8-12,15,17,22H,2-7H2,1H3/t12-,15-,17+,22-/m1/s1. The number of fused-ring (bicyclic) bond motifs is 3. The molecule has 0 radical (unpaired) electrons. The Kier molecular flexibility index (Phi) is 5.43. The molecule has 0 spiro atoms. The molecule has 0 saturated heterocycles. The Morgan fingerprint density at radius 1 is 0.929 bits per heavy atom. The van der Waals surface area contributed by atoms with Crippen molar-refractivity contribution >= 4 is 11.6 Å². The van der Waals surface area contributed by atoms with E-state index in [4.69, 9.17) is 11.6 Å². The predicted octanol–water partition coefficient (Wildman–Crippen LogP) is 7.54. The summed E-state index contributed by atoms with van der Waals surface area (Å²) in [6.45, 7) is 2.10. The average Bonchev–Trinajstić information content (AvgIpc) is 2.65. The molecular formula is C23H23ClF4. The van der Waals surface area contributed by atoms with Gasteiger partial charge in [-0.2, -0.15) is 0 Å². The summed E-state index contributed by atoms with van der Waals surface area (Å²) in [5.41, 5.74) is 1.96. The lowest BCUT2D eigenvalue weighted by molar-refractivity contribution is 0.159. The van der Waals surface area contributed by atoms with Crippen LogP contribution >= 0.6 is 11.6 Å². The van der Waals surface area contributed by atoms with E-state index in [0.717, 1.165) is 43.7 Å². The van der Waals surface area contributed by atoms with Crippen molar-refractivity contribution < 1.29 is 17.6 Å². The van der Waals surface area contributed by atoms with Crippen molar-refractivity contribution in [3.05, 3.63) is 69.2 Å². The van der Waals surface area contributed by atoms with Gasteiger partial charge in [-0.1, -0.05) is 31.4 Å². The van der Waals surface area contributed by atoms with Gasteiger partial charge in [0.1, 0.15) is 28.3 Å². The van der Waals surface area contributed by atoms with Crippen LogP contribution in [0, 0.1) is 35.1 Å². The largest absolute Gasteiger partial charge is 0.207 e. The lowest BCUT2D eigenvalue weighted by Gasteiger charge is -2.47. The first kappa shape index (κ1) is 19.8. The summed E-state index contributed by atoms with van der Waals surface area (Å²) in [7, 11) is 0.